The molecule has 1 heterocycles. The molecule has 24 heavy (non-hydrogen) atoms. The Bertz CT molecular complexity index is 831. The number of pyridine rings is 1. The molecule has 4 heteroatoms. The van der Waals surface area contributed by atoms with E-state index in [9.17, 15) is 4.79 Å². The molecule has 0 aliphatic rings. The highest BCUT2D eigenvalue weighted by molar-refractivity contribution is 5.97. The largest absolute Gasteiger partial charge is 0.365 e. The predicted molar refractivity (Wildman–Crippen MR) is 95.8 cm³/mol. The molecule has 0 saturated carbocycles. The van der Waals surface area contributed by atoms with E-state index in [1.807, 2.05) is 30.3 Å². The van der Waals surface area contributed by atoms with Gasteiger partial charge < -0.3 is 11.1 Å². The van der Waals surface area contributed by atoms with Crippen molar-refractivity contribution < 1.29 is 4.79 Å². The molecule has 2 aromatic carbocycles. The molecule has 0 unspecified atom stereocenters. The Morgan fingerprint density at radius 2 is 1.67 bits per heavy atom. The van der Waals surface area contributed by atoms with Gasteiger partial charge in [-0.15, -0.1) is 0 Å². The van der Waals surface area contributed by atoms with Crippen LogP contribution in [0.4, 0.5) is 5.82 Å². The first-order valence-electron chi connectivity index (χ1n) is 7.83. The van der Waals surface area contributed by atoms with Crippen molar-refractivity contribution in [2.45, 2.75) is 13.0 Å². The van der Waals surface area contributed by atoms with E-state index >= 15 is 0 Å². The highest BCUT2D eigenvalue weighted by Gasteiger charge is 2.08. The fourth-order valence-electron chi connectivity index (χ4n) is 2.61. The molecule has 0 aliphatic heterocycles. The lowest BCUT2D eigenvalue weighted by atomic mass is 10.0. The number of hydrogen-bond acceptors (Lipinski definition) is 3. The highest BCUT2D eigenvalue weighted by Crippen LogP contribution is 2.15. The van der Waals surface area contributed by atoms with Crippen molar-refractivity contribution in [3.8, 4) is 0 Å². The Labute approximate surface area is 141 Å². The van der Waals surface area contributed by atoms with Gasteiger partial charge >= 0.3 is 0 Å². The number of nitrogens with two attached hydrogens (primary N) is 1. The average molecular weight is 317 g/mol. The number of hydrogen-bond donors (Lipinski definition) is 2. The van der Waals surface area contributed by atoms with Crippen molar-refractivity contribution in [3.63, 3.8) is 0 Å². The van der Waals surface area contributed by atoms with Gasteiger partial charge in [-0.25, -0.2) is 4.98 Å². The first-order chi connectivity index (χ1) is 11.7. The molecule has 0 spiro atoms. The quantitative estimate of drug-likeness (QED) is 0.732. The molecule has 1 aromatic heterocycles. The SMILES string of the molecule is NC(=O)c1cccnc1NCc1cccc(Cc2ccccc2)c1. The van der Waals surface area contributed by atoms with Gasteiger partial charge in [0.15, 0.2) is 0 Å². The molecular weight excluding hydrogens is 298 g/mol. The van der Waals surface area contributed by atoms with Gasteiger partial charge in [0.1, 0.15) is 5.82 Å². The zero-order valence-electron chi connectivity index (χ0n) is 13.3. The van der Waals surface area contributed by atoms with E-state index in [4.69, 9.17) is 5.73 Å². The van der Waals surface area contributed by atoms with Crippen LogP contribution in [-0.2, 0) is 13.0 Å². The maximum atomic E-state index is 11.4. The molecule has 0 radical (unpaired) electrons. The maximum Gasteiger partial charge on any atom is 0.252 e. The molecule has 0 bridgehead atoms. The second kappa shape index (κ2) is 7.42. The number of carbonyl (C=O) groups is 1. The van der Waals surface area contributed by atoms with Crippen LogP contribution < -0.4 is 11.1 Å². The van der Waals surface area contributed by atoms with Crippen LogP contribution in [0.15, 0.2) is 72.9 Å². The zero-order chi connectivity index (χ0) is 16.8. The molecule has 3 N–H and O–H groups in total. The van der Waals surface area contributed by atoms with Gasteiger partial charge in [0.05, 0.1) is 5.56 Å². The van der Waals surface area contributed by atoms with Gasteiger partial charge in [0.25, 0.3) is 5.91 Å². The number of benzene rings is 2. The van der Waals surface area contributed by atoms with Crippen LogP contribution in [0.1, 0.15) is 27.0 Å². The molecule has 120 valence electrons. The van der Waals surface area contributed by atoms with Gasteiger partial charge in [-0.2, -0.15) is 0 Å². The second-order valence-corrected chi connectivity index (χ2v) is 5.60. The Morgan fingerprint density at radius 3 is 2.46 bits per heavy atom. The van der Waals surface area contributed by atoms with Crippen molar-refractivity contribution in [3.05, 3.63) is 95.2 Å². The fraction of sp³-hybridized carbons (Fsp3) is 0.100. The number of rotatable bonds is 6. The molecular formula is C20H19N3O. The van der Waals surface area contributed by atoms with E-state index in [0.29, 0.717) is 17.9 Å². The van der Waals surface area contributed by atoms with Gasteiger partial charge in [-0.05, 0) is 35.2 Å². The van der Waals surface area contributed by atoms with E-state index in [1.165, 1.54) is 11.1 Å². The summed E-state index contributed by atoms with van der Waals surface area (Å²) in [5.41, 5.74) is 9.43. The van der Waals surface area contributed by atoms with Crippen molar-refractivity contribution >= 4 is 11.7 Å². The molecule has 0 saturated heterocycles. The van der Waals surface area contributed by atoms with Gasteiger partial charge in [0, 0.05) is 12.7 Å². The summed E-state index contributed by atoms with van der Waals surface area (Å²) in [6, 6.07) is 22.1. The van der Waals surface area contributed by atoms with Crippen LogP contribution in [0, 0.1) is 0 Å². The minimum Gasteiger partial charge on any atom is -0.365 e. The lowest BCUT2D eigenvalue weighted by Crippen LogP contribution is -2.15. The van der Waals surface area contributed by atoms with E-state index in [-0.39, 0.29) is 0 Å². The minimum absolute atomic E-state index is 0.401. The summed E-state index contributed by atoms with van der Waals surface area (Å²) in [6.45, 7) is 0.583. The Morgan fingerprint density at radius 1 is 0.917 bits per heavy atom. The van der Waals surface area contributed by atoms with Crippen molar-refractivity contribution in [2.24, 2.45) is 5.73 Å². The Kier molecular flexibility index (Phi) is 4.87. The van der Waals surface area contributed by atoms with Crippen LogP contribution in [0.2, 0.25) is 0 Å². The number of nitrogens with zero attached hydrogens (tertiary/aromatic N) is 1. The third kappa shape index (κ3) is 3.98. The van der Waals surface area contributed by atoms with Gasteiger partial charge in [-0.1, -0.05) is 54.6 Å². The summed E-state index contributed by atoms with van der Waals surface area (Å²) in [5, 5.41) is 3.19. The summed E-state index contributed by atoms with van der Waals surface area (Å²) in [7, 11) is 0. The summed E-state index contributed by atoms with van der Waals surface area (Å²) in [6.07, 6.45) is 2.53. The number of primary amides is 1. The number of anilines is 1. The van der Waals surface area contributed by atoms with E-state index in [2.05, 4.69) is 34.6 Å². The van der Waals surface area contributed by atoms with E-state index < -0.39 is 5.91 Å². The van der Waals surface area contributed by atoms with Crippen LogP contribution in [0.25, 0.3) is 0 Å². The van der Waals surface area contributed by atoms with Crippen molar-refractivity contribution in [1.29, 1.82) is 0 Å². The number of amides is 1. The Hall–Kier alpha value is -3.14. The summed E-state index contributed by atoms with van der Waals surface area (Å²) in [4.78, 5) is 15.6. The van der Waals surface area contributed by atoms with Gasteiger partial charge in [0.2, 0.25) is 0 Å². The number of carbonyl (C=O) groups excluding carboxylic acids is 1. The summed E-state index contributed by atoms with van der Waals surface area (Å²) in [5.74, 6) is 0.0295. The first-order valence-corrected chi connectivity index (χ1v) is 7.83. The number of nitrogens with one attached hydrogen (secondary N) is 1. The summed E-state index contributed by atoms with van der Waals surface area (Å²) >= 11 is 0. The monoisotopic (exact) mass is 317 g/mol. The molecule has 0 fully saturated rings. The molecule has 4 nitrogen and oxygen atoms in total. The van der Waals surface area contributed by atoms with E-state index in [1.54, 1.807) is 18.3 Å². The Balaban J connectivity index is 1.70. The number of aromatic nitrogens is 1. The van der Waals surface area contributed by atoms with Crippen LogP contribution >= 0.6 is 0 Å². The van der Waals surface area contributed by atoms with E-state index in [0.717, 1.165) is 12.0 Å². The topological polar surface area (TPSA) is 68.0 Å². The molecule has 3 rings (SSSR count). The minimum atomic E-state index is -0.483. The predicted octanol–water partition coefficient (Wildman–Crippen LogP) is 3.38. The third-order valence-corrected chi connectivity index (χ3v) is 3.78. The molecule has 3 aromatic rings. The fourth-order valence-corrected chi connectivity index (χ4v) is 2.61. The molecule has 1 amide bonds. The van der Waals surface area contributed by atoms with Crippen molar-refractivity contribution in [1.82, 2.24) is 4.98 Å². The second-order valence-electron chi connectivity index (χ2n) is 5.60. The smallest absolute Gasteiger partial charge is 0.252 e. The zero-order valence-corrected chi connectivity index (χ0v) is 13.3. The van der Waals surface area contributed by atoms with Crippen LogP contribution in [0.3, 0.4) is 0 Å². The third-order valence-electron chi connectivity index (χ3n) is 3.78. The van der Waals surface area contributed by atoms with Crippen LogP contribution in [0.5, 0.6) is 0 Å². The van der Waals surface area contributed by atoms with Crippen LogP contribution in [-0.4, -0.2) is 10.9 Å². The average Bonchev–Trinajstić information content (AvgIpc) is 2.61. The lowest BCUT2D eigenvalue weighted by molar-refractivity contribution is 0.100. The van der Waals surface area contributed by atoms with Gasteiger partial charge in [-0.3, -0.25) is 4.79 Å². The lowest BCUT2D eigenvalue weighted by Gasteiger charge is -2.10. The molecule has 0 aliphatic carbocycles. The molecule has 0 atom stereocenters. The summed E-state index contributed by atoms with van der Waals surface area (Å²) < 4.78 is 0. The first kappa shape index (κ1) is 15.7. The highest BCUT2D eigenvalue weighted by atomic mass is 16.1. The van der Waals surface area contributed by atoms with Crippen molar-refractivity contribution in [2.75, 3.05) is 5.32 Å². The maximum absolute atomic E-state index is 11.4. The normalized spacial score (nSPS) is 10.3. The standard InChI is InChI=1S/C20H19N3O/c21-19(24)18-10-5-11-22-20(18)23-14-17-9-4-8-16(13-17)12-15-6-2-1-3-7-15/h1-11,13H,12,14H2,(H2,21,24)(H,22,23).